The zero-order valence-electron chi connectivity index (χ0n) is 17.5. The fourth-order valence-corrected chi connectivity index (χ4v) is 4.18. The van der Waals surface area contributed by atoms with Crippen molar-refractivity contribution in [2.24, 2.45) is 0 Å². The summed E-state index contributed by atoms with van der Waals surface area (Å²) in [7, 11) is -3.34. The number of sulfone groups is 1. The van der Waals surface area contributed by atoms with E-state index in [1.807, 2.05) is 62.4 Å². The van der Waals surface area contributed by atoms with Crippen LogP contribution in [0.25, 0.3) is 0 Å². The van der Waals surface area contributed by atoms with Gasteiger partial charge in [-0.2, -0.15) is 0 Å². The molecule has 0 saturated heterocycles. The Morgan fingerprint density at radius 3 is 2.34 bits per heavy atom. The van der Waals surface area contributed by atoms with Crippen LogP contribution in [0.15, 0.2) is 48.5 Å². The second-order valence-corrected chi connectivity index (χ2v) is 9.57. The molecule has 29 heavy (non-hydrogen) atoms. The lowest BCUT2D eigenvalue weighted by Crippen LogP contribution is -2.28. The molecule has 0 radical (unpaired) electrons. The SMILES string of the molecule is CCCCOc1ccc([C@@H](C)NC(=O)CCS(=O)(=O)Cc2ccc(C)cc2)cc1. The number of aryl methyl sites for hydroxylation is 1. The van der Waals surface area contributed by atoms with Gasteiger partial charge in [0.2, 0.25) is 5.91 Å². The Bertz CT molecular complexity index is 874. The van der Waals surface area contributed by atoms with Crippen molar-refractivity contribution in [1.82, 2.24) is 5.32 Å². The quantitative estimate of drug-likeness (QED) is 0.552. The third-order valence-electron chi connectivity index (χ3n) is 4.67. The Hall–Kier alpha value is -2.34. The number of amides is 1. The molecule has 0 aliphatic carbocycles. The van der Waals surface area contributed by atoms with Crippen LogP contribution in [-0.4, -0.2) is 26.7 Å². The summed E-state index contributed by atoms with van der Waals surface area (Å²) in [5, 5.41) is 2.87. The molecular formula is C23H31NO4S. The van der Waals surface area contributed by atoms with Crippen LogP contribution >= 0.6 is 0 Å². The maximum atomic E-state index is 12.3. The first-order valence-corrected chi connectivity index (χ1v) is 11.9. The second kappa shape index (κ2) is 11.0. The molecule has 0 heterocycles. The van der Waals surface area contributed by atoms with E-state index in [4.69, 9.17) is 4.74 Å². The lowest BCUT2D eigenvalue weighted by atomic mass is 10.1. The molecule has 2 rings (SSSR count). The average Bonchev–Trinajstić information content (AvgIpc) is 2.69. The topological polar surface area (TPSA) is 72.5 Å². The van der Waals surface area contributed by atoms with Crippen LogP contribution < -0.4 is 10.1 Å². The van der Waals surface area contributed by atoms with E-state index in [2.05, 4.69) is 12.2 Å². The zero-order valence-corrected chi connectivity index (χ0v) is 18.3. The summed E-state index contributed by atoms with van der Waals surface area (Å²) < 4.78 is 30.2. The van der Waals surface area contributed by atoms with Crippen LogP contribution in [0.5, 0.6) is 5.75 Å². The fraction of sp³-hybridized carbons (Fsp3) is 0.435. The van der Waals surface area contributed by atoms with E-state index in [1.165, 1.54) is 0 Å². The Morgan fingerprint density at radius 2 is 1.72 bits per heavy atom. The molecule has 0 unspecified atom stereocenters. The van der Waals surface area contributed by atoms with Gasteiger partial charge in [0.15, 0.2) is 9.84 Å². The summed E-state index contributed by atoms with van der Waals surface area (Å²) >= 11 is 0. The summed E-state index contributed by atoms with van der Waals surface area (Å²) in [6.07, 6.45) is 2.06. The lowest BCUT2D eigenvalue weighted by molar-refractivity contribution is -0.121. The van der Waals surface area contributed by atoms with E-state index in [1.54, 1.807) is 0 Å². The number of carbonyl (C=O) groups excluding carboxylic acids is 1. The number of rotatable bonds is 11. The summed E-state index contributed by atoms with van der Waals surface area (Å²) in [6.45, 7) is 6.65. The number of ether oxygens (including phenoxy) is 1. The number of benzene rings is 2. The largest absolute Gasteiger partial charge is 0.494 e. The molecule has 0 saturated carbocycles. The van der Waals surface area contributed by atoms with Gasteiger partial charge in [0.1, 0.15) is 5.75 Å². The molecule has 2 aromatic rings. The van der Waals surface area contributed by atoms with E-state index in [0.717, 1.165) is 35.3 Å². The molecule has 1 amide bonds. The third kappa shape index (κ3) is 8.28. The first-order chi connectivity index (χ1) is 13.8. The van der Waals surface area contributed by atoms with Gasteiger partial charge in [-0.05, 0) is 43.5 Å². The minimum Gasteiger partial charge on any atom is -0.494 e. The van der Waals surface area contributed by atoms with E-state index < -0.39 is 9.84 Å². The van der Waals surface area contributed by atoms with Crippen molar-refractivity contribution < 1.29 is 17.9 Å². The maximum Gasteiger partial charge on any atom is 0.221 e. The molecule has 0 fully saturated rings. The van der Waals surface area contributed by atoms with Crippen LogP contribution in [0.1, 0.15) is 55.8 Å². The normalized spacial score (nSPS) is 12.4. The Balaban J connectivity index is 1.81. The van der Waals surface area contributed by atoms with Crippen LogP contribution in [0.3, 0.4) is 0 Å². The molecule has 2 aromatic carbocycles. The number of hydrogen-bond acceptors (Lipinski definition) is 4. The number of unbranched alkanes of at least 4 members (excludes halogenated alkanes) is 1. The second-order valence-electron chi connectivity index (χ2n) is 7.39. The van der Waals surface area contributed by atoms with Crippen molar-refractivity contribution in [2.45, 2.75) is 51.8 Å². The molecule has 5 nitrogen and oxygen atoms in total. The molecule has 1 atom stereocenters. The van der Waals surface area contributed by atoms with Crippen molar-refractivity contribution in [3.05, 3.63) is 65.2 Å². The monoisotopic (exact) mass is 417 g/mol. The van der Waals surface area contributed by atoms with Gasteiger partial charge in [-0.25, -0.2) is 8.42 Å². The number of carbonyl (C=O) groups is 1. The summed E-state index contributed by atoms with van der Waals surface area (Å²) in [5.74, 6) is 0.329. The van der Waals surface area contributed by atoms with E-state index in [-0.39, 0.29) is 29.9 Å². The van der Waals surface area contributed by atoms with E-state index >= 15 is 0 Å². The van der Waals surface area contributed by atoms with Crippen molar-refractivity contribution in [3.63, 3.8) is 0 Å². The zero-order chi connectivity index (χ0) is 21.3. The minimum absolute atomic E-state index is 0.0449. The van der Waals surface area contributed by atoms with Gasteiger partial charge in [0.25, 0.3) is 0 Å². The highest BCUT2D eigenvalue weighted by Gasteiger charge is 2.16. The standard InChI is InChI=1S/C23H31NO4S/c1-4-5-15-28-22-12-10-21(11-13-22)19(3)24-23(25)14-16-29(26,27)17-20-8-6-18(2)7-9-20/h6-13,19H,4-5,14-17H2,1-3H3,(H,24,25)/t19-/m1/s1. The van der Waals surface area contributed by atoms with Gasteiger partial charge < -0.3 is 10.1 Å². The molecular weight excluding hydrogens is 386 g/mol. The number of hydrogen-bond donors (Lipinski definition) is 1. The summed E-state index contributed by atoms with van der Waals surface area (Å²) in [5.41, 5.74) is 2.77. The summed E-state index contributed by atoms with van der Waals surface area (Å²) in [6, 6.07) is 14.8. The van der Waals surface area contributed by atoms with Crippen LogP contribution in [0.4, 0.5) is 0 Å². The molecule has 0 aliphatic rings. The molecule has 0 bridgehead atoms. The first-order valence-electron chi connectivity index (χ1n) is 10.1. The van der Waals surface area contributed by atoms with Crippen LogP contribution in [-0.2, 0) is 20.4 Å². The highest BCUT2D eigenvalue weighted by Crippen LogP contribution is 2.18. The van der Waals surface area contributed by atoms with Crippen molar-refractivity contribution in [1.29, 1.82) is 0 Å². The first kappa shape index (κ1) is 22.9. The average molecular weight is 418 g/mol. The van der Waals surface area contributed by atoms with Gasteiger partial charge in [0.05, 0.1) is 24.2 Å². The predicted molar refractivity (Wildman–Crippen MR) is 117 cm³/mol. The highest BCUT2D eigenvalue weighted by molar-refractivity contribution is 7.90. The number of nitrogens with one attached hydrogen (secondary N) is 1. The molecule has 0 spiro atoms. The lowest BCUT2D eigenvalue weighted by Gasteiger charge is -2.15. The minimum atomic E-state index is -3.34. The van der Waals surface area contributed by atoms with Crippen LogP contribution in [0.2, 0.25) is 0 Å². The Morgan fingerprint density at radius 1 is 1.07 bits per heavy atom. The van der Waals surface area contributed by atoms with Crippen molar-refractivity contribution in [3.8, 4) is 5.75 Å². The van der Waals surface area contributed by atoms with Gasteiger partial charge in [-0.1, -0.05) is 55.3 Å². The van der Waals surface area contributed by atoms with Gasteiger partial charge >= 0.3 is 0 Å². The Labute approximate surface area is 174 Å². The Kier molecular flexibility index (Phi) is 8.70. The molecule has 1 N–H and O–H groups in total. The van der Waals surface area contributed by atoms with Gasteiger partial charge in [-0.15, -0.1) is 0 Å². The van der Waals surface area contributed by atoms with E-state index in [0.29, 0.717) is 6.61 Å². The third-order valence-corrected chi connectivity index (χ3v) is 6.27. The van der Waals surface area contributed by atoms with Crippen molar-refractivity contribution in [2.75, 3.05) is 12.4 Å². The van der Waals surface area contributed by atoms with E-state index in [9.17, 15) is 13.2 Å². The van der Waals surface area contributed by atoms with Gasteiger partial charge in [0, 0.05) is 6.42 Å². The fourth-order valence-electron chi connectivity index (χ4n) is 2.84. The molecule has 6 heteroatoms. The predicted octanol–water partition coefficient (Wildman–Crippen LogP) is 4.36. The maximum absolute atomic E-state index is 12.3. The molecule has 158 valence electrons. The highest BCUT2D eigenvalue weighted by atomic mass is 32.2. The summed E-state index contributed by atoms with van der Waals surface area (Å²) in [4.78, 5) is 12.2. The molecule has 0 aromatic heterocycles. The molecule has 0 aliphatic heterocycles. The smallest absolute Gasteiger partial charge is 0.221 e. The van der Waals surface area contributed by atoms with Gasteiger partial charge in [-0.3, -0.25) is 4.79 Å². The van der Waals surface area contributed by atoms with Crippen LogP contribution in [0, 0.1) is 6.92 Å². The van der Waals surface area contributed by atoms with Crippen molar-refractivity contribution >= 4 is 15.7 Å².